The largest absolute Gasteiger partial charge is 0.480 e. The number of carboxylic acid groups (broad SMARTS) is 1. The molecule has 0 aliphatic rings. The number of phosphoric acid groups is 1. The Kier molecular flexibility index (Phi) is 21.2. The quantitative estimate of drug-likeness (QED) is 0.0588. The molecule has 0 aliphatic heterocycles. The average molecular weight is 552 g/mol. The molecule has 0 saturated carbocycles. The Bertz CT molecular complexity index is 716. The van der Waals surface area contributed by atoms with Crippen molar-refractivity contribution in [2.75, 3.05) is 19.8 Å². The molecule has 4 N–H and O–H groups in total. The van der Waals surface area contributed by atoms with Gasteiger partial charge in [0.25, 0.3) is 0 Å². The third-order valence-corrected chi connectivity index (χ3v) is 6.26. The van der Waals surface area contributed by atoms with E-state index < -0.39 is 57.6 Å². The maximum absolute atomic E-state index is 12.0. The molecule has 0 rings (SSSR count). The van der Waals surface area contributed by atoms with Crippen LogP contribution in [0, 0.1) is 0 Å². The standard InChI is InChI=1S/C25H46NO10P/c1-3-5-7-8-9-10-11-12-13-14-15-17-24(29)34-18-21(27)19-35-37(32,33)36-20-22(25(30)31)26-23(28)16-6-4-2/h8-9,21-22,27H,3-7,10-20H2,1-2H3,(H,26,28)(H,30,31)(H,32,33)/b9-8-. The predicted octanol–water partition coefficient (Wildman–Crippen LogP) is 4.26. The van der Waals surface area contributed by atoms with Crippen LogP contribution >= 0.6 is 7.82 Å². The maximum atomic E-state index is 12.0. The number of carboxylic acids is 1. The van der Waals surface area contributed by atoms with Gasteiger partial charge in [-0.05, 0) is 32.1 Å². The molecule has 11 nitrogen and oxygen atoms in total. The number of hydrogen-bond acceptors (Lipinski definition) is 8. The summed E-state index contributed by atoms with van der Waals surface area (Å²) in [6.45, 7) is 2.15. The summed E-state index contributed by atoms with van der Waals surface area (Å²) in [5.74, 6) is -2.44. The molecule has 0 aromatic heterocycles. The highest BCUT2D eigenvalue weighted by molar-refractivity contribution is 7.47. The number of ether oxygens (including phenoxy) is 1. The topological polar surface area (TPSA) is 169 Å². The molecule has 1 amide bonds. The minimum atomic E-state index is -4.71. The second-order valence-electron chi connectivity index (χ2n) is 8.88. The molecular weight excluding hydrogens is 505 g/mol. The monoisotopic (exact) mass is 551 g/mol. The number of aliphatic carboxylic acids is 1. The fraction of sp³-hybridized carbons (Fsp3) is 0.800. The first-order valence-corrected chi connectivity index (χ1v) is 14.7. The lowest BCUT2D eigenvalue weighted by Crippen LogP contribution is -2.43. The molecule has 0 aliphatic carbocycles. The Morgan fingerprint density at radius 3 is 2.08 bits per heavy atom. The van der Waals surface area contributed by atoms with Gasteiger partial charge < -0.3 is 25.2 Å². The van der Waals surface area contributed by atoms with Crippen molar-refractivity contribution in [3.63, 3.8) is 0 Å². The van der Waals surface area contributed by atoms with Crippen molar-refractivity contribution < 1.29 is 47.8 Å². The van der Waals surface area contributed by atoms with Crippen LogP contribution in [-0.4, -0.2) is 64.9 Å². The van der Waals surface area contributed by atoms with Gasteiger partial charge in [0.2, 0.25) is 5.91 Å². The summed E-state index contributed by atoms with van der Waals surface area (Å²) < 4.78 is 26.2. The Morgan fingerprint density at radius 1 is 0.838 bits per heavy atom. The first-order valence-electron chi connectivity index (χ1n) is 13.2. The van der Waals surface area contributed by atoms with E-state index in [0.29, 0.717) is 12.8 Å². The SMILES string of the molecule is CCCC/C=C\CCCCCCCC(=O)OCC(O)COP(=O)(O)OCC(NC(=O)CCCC)C(=O)O. The highest BCUT2D eigenvalue weighted by atomic mass is 31.2. The minimum Gasteiger partial charge on any atom is -0.480 e. The predicted molar refractivity (Wildman–Crippen MR) is 139 cm³/mol. The van der Waals surface area contributed by atoms with Crippen LogP contribution in [0.25, 0.3) is 0 Å². The number of nitrogens with one attached hydrogen (secondary N) is 1. The first-order chi connectivity index (χ1) is 17.6. The second-order valence-corrected chi connectivity index (χ2v) is 10.3. The van der Waals surface area contributed by atoms with E-state index in [2.05, 4.69) is 33.4 Å². The summed E-state index contributed by atoms with van der Waals surface area (Å²) in [6, 6.07) is -1.54. The number of amides is 1. The van der Waals surface area contributed by atoms with Crippen LogP contribution in [0.2, 0.25) is 0 Å². The van der Waals surface area contributed by atoms with Crippen molar-refractivity contribution in [1.29, 1.82) is 0 Å². The van der Waals surface area contributed by atoms with Crippen LogP contribution < -0.4 is 5.32 Å². The zero-order chi connectivity index (χ0) is 27.9. The van der Waals surface area contributed by atoms with Gasteiger partial charge >= 0.3 is 19.8 Å². The molecule has 0 heterocycles. The van der Waals surface area contributed by atoms with E-state index in [4.69, 9.17) is 9.84 Å². The number of aliphatic hydroxyl groups is 1. The molecule has 37 heavy (non-hydrogen) atoms. The average Bonchev–Trinajstić information content (AvgIpc) is 2.85. The molecule has 0 radical (unpaired) electrons. The first kappa shape index (κ1) is 35.2. The summed E-state index contributed by atoms with van der Waals surface area (Å²) in [5, 5.41) is 21.2. The van der Waals surface area contributed by atoms with E-state index in [0.717, 1.165) is 44.9 Å². The fourth-order valence-electron chi connectivity index (χ4n) is 3.09. The molecule has 0 aromatic carbocycles. The summed E-state index contributed by atoms with van der Waals surface area (Å²) in [6.07, 6.45) is 14.2. The van der Waals surface area contributed by atoms with Gasteiger partial charge in [-0.3, -0.25) is 18.6 Å². The van der Waals surface area contributed by atoms with Crippen molar-refractivity contribution in [3.05, 3.63) is 12.2 Å². The number of carbonyl (C=O) groups is 3. The highest BCUT2D eigenvalue weighted by Gasteiger charge is 2.28. The van der Waals surface area contributed by atoms with Crippen LogP contribution in [0.4, 0.5) is 0 Å². The lowest BCUT2D eigenvalue weighted by atomic mass is 10.1. The normalized spacial score (nSPS) is 14.7. The number of unbranched alkanes of at least 4 members (excludes halogenated alkanes) is 8. The summed E-state index contributed by atoms with van der Waals surface area (Å²) in [4.78, 5) is 44.4. The molecule has 216 valence electrons. The van der Waals surface area contributed by atoms with E-state index in [-0.39, 0.29) is 12.8 Å². The maximum Gasteiger partial charge on any atom is 0.472 e. The van der Waals surface area contributed by atoms with Crippen LogP contribution in [0.3, 0.4) is 0 Å². The lowest BCUT2D eigenvalue weighted by Gasteiger charge is -2.18. The number of hydrogen-bond donors (Lipinski definition) is 4. The van der Waals surface area contributed by atoms with Gasteiger partial charge in [-0.1, -0.05) is 64.5 Å². The van der Waals surface area contributed by atoms with Crippen molar-refractivity contribution in [1.82, 2.24) is 5.32 Å². The highest BCUT2D eigenvalue weighted by Crippen LogP contribution is 2.43. The smallest absolute Gasteiger partial charge is 0.472 e. The third-order valence-electron chi connectivity index (χ3n) is 5.30. The third kappa shape index (κ3) is 22.0. The molecule has 0 aromatic rings. The van der Waals surface area contributed by atoms with Gasteiger partial charge in [0.1, 0.15) is 12.7 Å². The van der Waals surface area contributed by atoms with Gasteiger partial charge in [0.05, 0.1) is 13.2 Å². The number of esters is 1. The van der Waals surface area contributed by atoms with Crippen molar-refractivity contribution in [2.24, 2.45) is 0 Å². The summed E-state index contributed by atoms with van der Waals surface area (Å²) >= 11 is 0. The van der Waals surface area contributed by atoms with Gasteiger partial charge in [0, 0.05) is 12.8 Å². The van der Waals surface area contributed by atoms with Crippen LogP contribution in [0.15, 0.2) is 12.2 Å². The Hall–Kier alpha value is -1.78. The van der Waals surface area contributed by atoms with E-state index in [1.165, 1.54) is 12.8 Å². The van der Waals surface area contributed by atoms with Gasteiger partial charge in [0.15, 0.2) is 6.04 Å². The molecule has 0 fully saturated rings. The zero-order valence-corrected chi connectivity index (χ0v) is 23.2. The molecule has 12 heteroatoms. The number of rotatable bonds is 24. The van der Waals surface area contributed by atoms with E-state index in [9.17, 15) is 28.9 Å². The molecule has 0 bridgehead atoms. The zero-order valence-electron chi connectivity index (χ0n) is 22.3. The van der Waals surface area contributed by atoms with Crippen LogP contribution in [0.5, 0.6) is 0 Å². The Balaban J connectivity index is 4.00. The Morgan fingerprint density at radius 2 is 1.43 bits per heavy atom. The summed E-state index contributed by atoms with van der Waals surface area (Å²) in [7, 11) is -4.71. The van der Waals surface area contributed by atoms with Gasteiger partial charge in [-0.15, -0.1) is 0 Å². The van der Waals surface area contributed by atoms with Crippen molar-refractivity contribution in [2.45, 2.75) is 109 Å². The second kappa shape index (κ2) is 22.2. The fourth-order valence-corrected chi connectivity index (χ4v) is 3.87. The number of phosphoric ester groups is 1. The molecular formula is C25H46NO10P. The lowest BCUT2D eigenvalue weighted by molar-refractivity contribution is -0.147. The van der Waals surface area contributed by atoms with E-state index >= 15 is 0 Å². The van der Waals surface area contributed by atoms with Gasteiger partial charge in [-0.25, -0.2) is 9.36 Å². The summed E-state index contributed by atoms with van der Waals surface area (Å²) in [5.41, 5.74) is 0. The number of aliphatic hydroxyl groups excluding tert-OH is 1. The van der Waals surface area contributed by atoms with E-state index in [1.54, 1.807) is 0 Å². The van der Waals surface area contributed by atoms with Crippen LogP contribution in [0.1, 0.15) is 97.3 Å². The molecule has 0 saturated heterocycles. The molecule has 3 unspecified atom stereocenters. The number of allylic oxidation sites excluding steroid dienone is 2. The van der Waals surface area contributed by atoms with Crippen molar-refractivity contribution >= 4 is 25.7 Å². The van der Waals surface area contributed by atoms with E-state index in [1.807, 2.05) is 6.92 Å². The van der Waals surface area contributed by atoms with Crippen molar-refractivity contribution in [3.8, 4) is 0 Å². The molecule has 3 atom stereocenters. The van der Waals surface area contributed by atoms with Gasteiger partial charge in [-0.2, -0.15) is 0 Å². The van der Waals surface area contributed by atoms with Crippen LogP contribution in [-0.2, 0) is 32.7 Å². The Labute approximate surface area is 220 Å². The minimum absolute atomic E-state index is 0.121. The molecule has 0 spiro atoms. The number of carbonyl (C=O) groups excluding carboxylic acids is 2.